The maximum atomic E-state index is 5.96. The lowest BCUT2D eigenvalue weighted by Gasteiger charge is -2.19. The van der Waals surface area contributed by atoms with E-state index in [2.05, 4.69) is 11.6 Å². The van der Waals surface area contributed by atoms with Crippen molar-refractivity contribution in [2.75, 3.05) is 14.2 Å². The van der Waals surface area contributed by atoms with E-state index in [-0.39, 0.29) is 0 Å². The van der Waals surface area contributed by atoms with Gasteiger partial charge in [-0.25, -0.2) is 4.99 Å². The zero-order chi connectivity index (χ0) is 14.3. The minimum Gasteiger partial charge on any atom is -0.492 e. The molecule has 0 aliphatic carbocycles. The van der Waals surface area contributed by atoms with Gasteiger partial charge in [0.2, 0.25) is 0 Å². The molecule has 0 amide bonds. The maximum Gasteiger partial charge on any atom is 0.191 e. The van der Waals surface area contributed by atoms with Crippen LogP contribution in [0.2, 0.25) is 0 Å². The number of hydrogen-bond donors (Lipinski definition) is 0. The fourth-order valence-corrected chi connectivity index (χ4v) is 2.33. The molecule has 0 saturated carbocycles. The standard InChI is InChI=1S/C16H15NO3/c1-9-10(2)15(18-3)16(19-4)13-14(9)20-12-8-6-5-7-11(12)17-13/h5-8H,2H2,1,3-4H3. The topological polar surface area (TPSA) is 40.0 Å². The summed E-state index contributed by atoms with van der Waals surface area (Å²) in [6.07, 6.45) is 0. The summed E-state index contributed by atoms with van der Waals surface area (Å²) >= 11 is 0. The van der Waals surface area contributed by atoms with Gasteiger partial charge in [0.05, 0.1) is 14.2 Å². The summed E-state index contributed by atoms with van der Waals surface area (Å²) in [4.78, 5) is 4.63. The van der Waals surface area contributed by atoms with E-state index in [1.807, 2.05) is 31.2 Å². The zero-order valence-electron chi connectivity index (χ0n) is 11.7. The molecule has 102 valence electrons. The molecule has 0 unspecified atom stereocenters. The largest absolute Gasteiger partial charge is 0.492 e. The molecule has 1 aliphatic rings. The summed E-state index contributed by atoms with van der Waals surface area (Å²) in [7, 11) is 3.18. The average molecular weight is 269 g/mol. The zero-order valence-corrected chi connectivity index (χ0v) is 11.7. The van der Waals surface area contributed by atoms with Crippen molar-refractivity contribution in [1.82, 2.24) is 0 Å². The molecule has 0 spiro atoms. The molecule has 4 heteroatoms. The molecule has 0 N–H and O–H groups in total. The molecule has 0 fully saturated rings. The van der Waals surface area contributed by atoms with Gasteiger partial charge in [-0.1, -0.05) is 18.7 Å². The van der Waals surface area contributed by atoms with Crippen LogP contribution in [0, 0.1) is 6.92 Å². The second-order valence-corrected chi connectivity index (χ2v) is 4.53. The van der Waals surface area contributed by atoms with Crippen molar-refractivity contribution in [3.63, 3.8) is 0 Å². The normalized spacial score (nSPS) is 11.8. The Bertz CT molecular complexity index is 796. The predicted octanol–water partition coefficient (Wildman–Crippen LogP) is 2.48. The van der Waals surface area contributed by atoms with Crippen LogP contribution in [0.4, 0.5) is 5.69 Å². The summed E-state index contributed by atoms with van der Waals surface area (Å²) in [6.45, 7) is 5.97. The molecule has 1 heterocycles. The Morgan fingerprint density at radius 1 is 1.10 bits per heavy atom. The van der Waals surface area contributed by atoms with Gasteiger partial charge in [-0.15, -0.1) is 0 Å². The number of hydrogen-bond acceptors (Lipinski definition) is 4. The lowest BCUT2D eigenvalue weighted by molar-refractivity contribution is 0.343. The molecule has 0 atom stereocenters. The van der Waals surface area contributed by atoms with Crippen molar-refractivity contribution >= 4 is 12.3 Å². The number of nitrogens with zero attached hydrogens (tertiary/aromatic N) is 1. The first-order valence-corrected chi connectivity index (χ1v) is 6.26. The SMILES string of the molecule is C=c1c(C)c2c(c(OC)c1OC)=Nc1ccccc1O2. The van der Waals surface area contributed by atoms with Gasteiger partial charge in [0.1, 0.15) is 5.69 Å². The highest BCUT2D eigenvalue weighted by molar-refractivity contribution is 5.61. The van der Waals surface area contributed by atoms with Crippen LogP contribution in [0.3, 0.4) is 0 Å². The lowest BCUT2D eigenvalue weighted by atomic mass is 10.1. The first-order valence-electron chi connectivity index (χ1n) is 6.26. The average Bonchev–Trinajstić information content (AvgIpc) is 2.49. The van der Waals surface area contributed by atoms with Crippen LogP contribution < -0.4 is 24.8 Å². The second kappa shape index (κ2) is 4.56. The summed E-state index contributed by atoms with van der Waals surface area (Å²) in [6, 6.07) is 7.63. The molecule has 0 saturated heterocycles. The molecule has 3 rings (SSSR count). The van der Waals surface area contributed by atoms with Crippen LogP contribution in [0.5, 0.6) is 23.0 Å². The van der Waals surface area contributed by atoms with E-state index < -0.39 is 0 Å². The summed E-state index contributed by atoms with van der Waals surface area (Å²) in [5, 5.41) is 1.39. The van der Waals surface area contributed by atoms with E-state index in [9.17, 15) is 0 Å². The van der Waals surface area contributed by atoms with Crippen LogP contribution in [-0.4, -0.2) is 14.2 Å². The number of para-hydroxylation sites is 2. The molecule has 2 aromatic carbocycles. The molecule has 4 nitrogen and oxygen atoms in total. The van der Waals surface area contributed by atoms with Gasteiger partial charge in [-0.05, 0) is 19.1 Å². The van der Waals surface area contributed by atoms with Gasteiger partial charge in [0, 0.05) is 10.8 Å². The van der Waals surface area contributed by atoms with Crippen LogP contribution in [0.15, 0.2) is 29.3 Å². The summed E-state index contributed by atoms with van der Waals surface area (Å²) < 4.78 is 16.8. The molecular weight excluding hydrogens is 254 g/mol. The first-order chi connectivity index (χ1) is 9.67. The molecular formula is C16H15NO3. The Kier molecular flexibility index (Phi) is 2.86. The molecule has 0 aromatic heterocycles. The molecule has 1 aliphatic heterocycles. The Labute approximate surface area is 116 Å². The van der Waals surface area contributed by atoms with E-state index in [0.717, 1.165) is 22.2 Å². The van der Waals surface area contributed by atoms with Crippen molar-refractivity contribution in [2.45, 2.75) is 6.92 Å². The van der Waals surface area contributed by atoms with E-state index in [0.29, 0.717) is 22.6 Å². The van der Waals surface area contributed by atoms with Crippen LogP contribution >= 0.6 is 0 Å². The van der Waals surface area contributed by atoms with Crippen LogP contribution in [-0.2, 0) is 0 Å². The van der Waals surface area contributed by atoms with Gasteiger partial charge in [0.25, 0.3) is 0 Å². The number of benzene rings is 2. The highest BCUT2D eigenvalue weighted by Crippen LogP contribution is 2.36. The Hall–Kier alpha value is -2.49. The lowest BCUT2D eigenvalue weighted by Crippen LogP contribution is -2.22. The second-order valence-electron chi connectivity index (χ2n) is 4.53. The minimum absolute atomic E-state index is 0.549. The van der Waals surface area contributed by atoms with Crippen molar-refractivity contribution in [1.29, 1.82) is 0 Å². The van der Waals surface area contributed by atoms with Gasteiger partial charge < -0.3 is 14.2 Å². The van der Waals surface area contributed by atoms with Gasteiger partial charge in [0.15, 0.2) is 28.4 Å². The smallest absolute Gasteiger partial charge is 0.191 e. The van der Waals surface area contributed by atoms with E-state index in [4.69, 9.17) is 14.2 Å². The van der Waals surface area contributed by atoms with E-state index in [1.165, 1.54) is 0 Å². The van der Waals surface area contributed by atoms with Crippen molar-refractivity contribution < 1.29 is 14.2 Å². The third-order valence-corrected chi connectivity index (χ3v) is 3.42. The van der Waals surface area contributed by atoms with Crippen molar-refractivity contribution in [3.05, 3.63) is 40.4 Å². The monoisotopic (exact) mass is 269 g/mol. The fraction of sp³-hybridized carbons (Fsp3) is 0.188. The summed E-state index contributed by atoms with van der Waals surface area (Å²) in [5.41, 5.74) is 1.67. The first kappa shape index (κ1) is 12.5. The van der Waals surface area contributed by atoms with Crippen molar-refractivity contribution in [3.8, 4) is 23.0 Å². The van der Waals surface area contributed by atoms with Crippen LogP contribution in [0.1, 0.15) is 5.56 Å². The van der Waals surface area contributed by atoms with Crippen LogP contribution in [0.25, 0.3) is 6.58 Å². The summed E-state index contributed by atoms with van der Waals surface area (Å²) in [5.74, 6) is 2.55. The van der Waals surface area contributed by atoms with Gasteiger partial charge in [-0.3, -0.25) is 0 Å². The molecule has 20 heavy (non-hydrogen) atoms. The van der Waals surface area contributed by atoms with Crippen molar-refractivity contribution in [2.24, 2.45) is 4.99 Å². The molecule has 2 aromatic rings. The minimum atomic E-state index is 0.549. The quantitative estimate of drug-likeness (QED) is 0.717. The number of rotatable bonds is 2. The third-order valence-electron chi connectivity index (χ3n) is 3.42. The molecule has 0 bridgehead atoms. The Balaban J connectivity index is 2.44. The van der Waals surface area contributed by atoms with Gasteiger partial charge >= 0.3 is 0 Å². The number of fused-ring (bicyclic) bond motifs is 2. The Morgan fingerprint density at radius 3 is 2.50 bits per heavy atom. The highest BCUT2D eigenvalue weighted by atomic mass is 16.5. The number of methoxy groups -OCH3 is 2. The Morgan fingerprint density at radius 2 is 1.80 bits per heavy atom. The highest BCUT2D eigenvalue weighted by Gasteiger charge is 2.22. The maximum absolute atomic E-state index is 5.96. The third kappa shape index (κ3) is 1.65. The van der Waals surface area contributed by atoms with Gasteiger partial charge in [-0.2, -0.15) is 0 Å². The predicted molar refractivity (Wildman–Crippen MR) is 76.8 cm³/mol. The van der Waals surface area contributed by atoms with E-state index in [1.54, 1.807) is 14.2 Å². The van der Waals surface area contributed by atoms with E-state index >= 15 is 0 Å². The molecule has 0 radical (unpaired) electrons. The fourth-order valence-electron chi connectivity index (χ4n) is 2.33. The number of ether oxygens (including phenoxy) is 3.